The highest BCUT2D eigenvalue weighted by Crippen LogP contribution is 2.25. The molecule has 1 aliphatic heterocycles. The number of nitrogens with one attached hydrogen (secondary N) is 1. The third-order valence-corrected chi connectivity index (χ3v) is 4.28. The number of nitrogens with zero attached hydrogens (tertiary/aromatic N) is 1. The van der Waals surface area contributed by atoms with Gasteiger partial charge in [0.25, 0.3) is 0 Å². The Labute approximate surface area is 126 Å². The Morgan fingerprint density at radius 1 is 1.15 bits per heavy atom. The number of halogens is 1. The average Bonchev–Trinajstić information content (AvgIpc) is 2.35. The van der Waals surface area contributed by atoms with Crippen LogP contribution in [0.5, 0.6) is 0 Å². The molecule has 20 heavy (non-hydrogen) atoms. The summed E-state index contributed by atoms with van der Waals surface area (Å²) in [5.41, 5.74) is 0.468. The van der Waals surface area contributed by atoms with E-state index < -0.39 is 0 Å². The van der Waals surface area contributed by atoms with Crippen LogP contribution in [0.25, 0.3) is 0 Å². The predicted octanol–water partition coefficient (Wildman–Crippen LogP) is 2.86. The molecule has 1 aliphatic rings. The Bertz CT molecular complexity index is 476. The van der Waals surface area contributed by atoms with E-state index in [9.17, 15) is 5.21 Å². The Balaban J connectivity index is 2.12. The molecule has 0 bridgehead atoms. The molecule has 1 saturated heterocycles. The van der Waals surface area contributed by atoms with Crippen LogP contribution in [0.2, 0.25) is 5.02 Å². The second-order valence-electron chi connectivity index (χ2n) is 6.99. The van der Waals surface area contributed by atoms with E-state index in [0.29, 0.717) is 5.06 Å². The van der Waals surface area contributed by atoms with E-state index in [-0.39, 0.29) is 17.1 Å². The second kappa shape index (κ2) is 5.47. The molecule has 1 aromatic rings. The van der Waals surface area contributed by atoms with Crippen LogP contribution in [0.3, 0.4) is 0 Å². The summed E-state index contributed by atoms with van der Waals surface area (Å²) in [6.07, 6.45) is 3.53. The molecule has 3 nitrogen and oxygen atoms in total. The molecule has 1 heterocycles. The number of piperidine rings is 1. The maximum Gasteiger partial charge on any atom is 0.0941 e. The first-order chi connectivity index (χ1) is 9.21. The van der Waals surface area contributed by atoms with Crippen LogP contribution in [0, 0.1) is 5.21 Å². The molecular weight excluding hydrogens is 272 g/mol. The SMILES string of the molecule is CC1(C)CC(N=Cc2ccc(Cl)cc2)CC(C)(C)[NH+]1[O-]. The standard InChI is InChI=1S/C16H23ClN2O/c1-15(2)9-14(10-16(3,4)19(15)20)18-11-12-5-7-13(17)8-6-12/h5-8,11,14,19H,9-10H2,1-4H3. The van der Waals surface area contributed by atoms with E-state index in [1.54, 1.807) is 0 Å². The van der Waals surface area contributed by atoms with Crippen molar-refractivity contribution in [2.75, 3.05) is 0 Å². The molecule has 0 unspecified atom stereocenters. The van der Waals surface area contributed by atoms with E-state index >= 15 is 0 Å². The minimum Gasteiger partial charge on any atom is -0.634 e. The molecule has 2 rings (SSSR count). The number of hydrogen-bond donors (Lipinski definition) is 1. The third-order valence-electron chi connectivity index (χ3n) is 4.03. The van der Waals surface area contributed by atoms with Crippen LogP contribution < -0.4 is 5.06 Å². The fourth-order valence-corrected chi connectivity index (χ4v) is 3.32. The minimum atomic E-state index is -0.288. The summed E-state index contributed by atoms with van der Waals surface area (Å²) in [6, 6.07) is 7.84. The molecule has 0 radical (unpaired) electrons. The molecular formula is C16H23ClN2O. The van der Waals surface area contributed by atoms with Gasteiger partial charge in [-0.25, -0.2) is 0 Å². The lowest BCUT2D eigenvalue weighted by atomic mass is 9.79. The number of aliphatic imine (C=N–C) groups is 1. The van der Waals surface area contributed by atoms with Gasteiger partial charge < -0.3 is 10.3 Å². The third kappa shape index (κ3) is 3.40. The highest BCUT2D eigenvalue weighted by atomic mass is 35.5. The van der Waals surface area contributed by atoms with Crippen molar-refractivity contribution < 1.29 is 5.06 Å². The number of benzene rings is 1. The number of rotatable bonds is 2. The maximum atomic E-state index is 12.4. The van der Waals surface area contributed by atoms with Gasteiger partial charge in [0, 0.05) is 24.1 Å². The second-order valence-corrected chi connectivity index (χ2v) is 7.43. The van der Waals surface area contributed by atoms with Gasteiger partial charge in [-0.3, -0.25) is 4.99 Å². The zero-order chi connectivity index (χ0) is 15.0. The van der Waals surface area contributed by atoms with E-state index in [1.165, 1.54) is 0 Å². The van der Waals surface area contributed by atoms with Crippen molar-refractivity contribution in [1.82, 2.24) is 0 Å². The lowest BCUT2D eigenvalue weighted by Gasteiger charge is -2.53. The van der Waals surface area contributed by atoms with E-state index in [0.717, 1.165) is 23.4 Å². The number of hydrogen-bond acceptors (Lipinski definition) is 2. The lowest BCUT2D eigenvalue weighted by molar-refractivity contribution is -0.955. The zero-order valence-electron chi connectivity index (χ0n) is 12.6. The molecule has 4 heteroatoms. The number of quaternary nitrogens is 1. The van der Waals surface area contributed by atoms with Gasteiger partial charge >= 0.3 is 0 Å². The summed E-state index contributed by atoms with van der Waals surface area (Å²) in [4.78, 5) is 4.69. The molecule has 110 valence electrons. The Kier molecular flexibility index (Phi) is 4.24. The maximum absolute atomic E-state index is 12.4. The van der Waals surface area contributed by atoms with Crippen LogP contribution >= 0.6 is 11.6 Å². The van der Waals surface area contributed by atoms with Gasteiger partial charge in [-0.2, -0.15) is 0 Å². The summed E-state index contributed by atoms with van der Waals surface area (Å²) in [5.74, 6) is 0. The van der Waals surface area contributed by atoms with Crippen LogP contribution in [-0.2, 0) is 0 Å². The fraction of sp³-hybridized carbons (Fsp3) is 0.562. The summed E-state index contributed by atoms with van der Waals surface area (Å²) in [6.45, 7) is 8.12. The minimum absolute atomic E-state index is 0.202. The highest BCUT2D eigenvalue weighted by molar-refractivity contribution is 6.30. The van der Waals surface area contributed by atoms with Gasteiger partial charge in [-0.05, 0) is 45.4 Å². The fourth-order valence-electron chi connectivity index (χ4n) is 3.20. The molecule has 0 spiro atoms. The van der Waals surface area contributed by atoms with Gasteiger partial charge in [0.2, 0.25) is 0 Å². The van der Waals surface area contributed by atoms with Crippen molar-refractivity contribution in [1.29, 1.82) is 0 Å². The van der Waals surface area contributed by atoms with E-state index in [2.05, 4.69) is 4.99 Å². The average molecular weight is 295 g/mol. The summed E-state index contributed by atoms with van der Waals surface area (Å²) in [7, 11) is 0. The van der Waals surface area contributed by atoms with Gasteiger partial charge in [0.15, 0.2) is 0 Å². The Morgan fingerprint density at radius 2 is 1.65 bits per heavy atom. The zero-order valence-corrected chi connectivity index (χ0v) is 13.4. The molecule has 1 aromatic carbocycles. The Hall–Kier alpha value is -0.900. The Morgan fingerprint density at radius 3 is 2.15 bits per heavy atom. The monoisotopic (exact) mass is 294 g/mol. The molecule has 1 N–H and O–H groups in total. The van der Waals surface area contributed by atoms with Crippen LogP contribution in [-0.4, -0.2) is 23.3 Å². The van der Waals surface area contributed by atoms with Crippen molar-refractivity contribution in [3.05, 3.63) is 40.1 Å². The lowest BCUT2D eigenvalue weighted by Crippen LogP contribution is -3.23. The molecule has 0 amide bonds. The van der Waals surface area contributed by atoms with Crippen LogP contribution in [0.4, 0.5) is 0 Å². The normalized spacial score (nSPS) is 28.7. The first-order valence-electron chi connectivity index (χ1n) is 7.04. The molecule has 1 fully saturated rings. The van der Waals surface area contributed by atoms with Gasteiger partial charge in [0.1, 0.15) is 0 Å². The van der Waals surface area contributed by atoms with Gasteiger partial charge in [-0.15, -0.1) is 0 Å². The number of hydroxylamine groups is 2. The van der Waals surface area contributed by atoms with Crippen molar-refractivity contribution >= 4 is 17.8 Å². The summed E-state index contributed by atoms with van der Waals surface area (Å²) < 4.78 is 0. The predicted molar refractivity (Wildman–Crippen MR) is 84.6 cm³/mol. The van der Waals surface area contributed by atoms with Crippen LogP contribution in [0.15, 0.2) is 29.3 Å². The van der Waals surface area contributed by atoms with Crippen molar-refractivity contribution in [2.24, 2.45) is 4.99 Å². The molecule has 0 aliphatic carbocycles. The molecule has 0 atom stereocenters. The van der Waals surface area contributed by atoms with E-state index in [4.69, 9.17) is 11.6 Å². The van der Waals surface area contributed by atoms with Crippen molar-refractivity contribution in [3.8, 4) is 0 Å². The smallest absolute Gasteiger partial charge is 0.0941 e. The van der Waals surface area contributed by atoms with E-state index in [1.807, 2.05) is 58.2 Å². The first kappa shape index (κ1) is 15.5. The van der Waals surface area contributed by atoms with Gasteiger partial charge in [-0.1, -0.05) is 23.7 Å². The molecule has 0 aromatic heterocycles. The summed E-state index contributed by atoms with van der Waals surface area (Å²) in [5, 5.41) is 13.4. The van der Waals surface area contributed by atoms with Gasteiger partial charge in [0.05, 0.1) is 17.1 Å². The van der Waals surface area contributed by atoms with Crippen molar-refractivity contribution in [2.45, 2.75) is 57.7 Å². The van der Waals surface area contributed by atoms with Crippen molar-refractivity contribution in [3.63, 3.8) is 0 Å². The molecule has 0 saturated carbocycles. The topological polar surface area (TPSA) is 39.9 Å². The highest BCUT2D eigenvalue weighted by Gasteiger charge is 2.44. The quantitative estimate of drug-likeness (QED) is 0.661. The first-order valence-corrected chi connectivity index (χ1v) is 7.42. The van der Waals surface area contributed by atoms with Crippen LogP contribution in [0.1, 0.15) is 46.1 Å². The largest absolute Gasteiger partial charge is 0.634 e. The summed E-state index contributed by atoms with van der Waals surface area (Å²) >= 11 is 5.87.